The Balaban J connectivity index is 1.71. The van der Waals surface area contributed by atoms with Crippen molar-refractivity contribution in [3.8, 4) is 5.75 Å². The van der Waals surface area contributed by atoms with Crippen LogP contribution < -0.4 is 0 Å². The fraction of sp³-hybridized carbons (Fsp3) is 0.500. The number of phenolic OH excluding ortho intramolecular Hbond substituents is 1. The molecule has 2 aliphatic heterocycles. The zero-order chi connectivity index (χ0) is 18.2. The number of phenols is 1. The third-order valence-corrected chi connectivity index (χ3v) is 7.08. The molecule has 5 heteroatoms. The lowest BCUT2D eigenvalue weighted by Gasteiger charge is -2.16. The summed E-state index contributed by atoms with van der Waals surface area (Å²) in [6.45, 7) is 6.50. The van der Waals surface area contributed by atoms with Gasteiger partial charge in [0.1, 0.15) is 11.0 Å². The molecule has 136 valence electrons. The van der Waals surface area contributed by atoms with Crippen LogP contribution in [0, 0.1) is 5.92 Å². The molecular weight excluding hydrogens is 336 g/mol. The Bertz CT molecular complexity index is 801. The number of allylic oxidation sites excluding steroid dienone is 1. The third kappa shape index (κ3) is 3.82. The van der Waals surface area contributed by atoms with Crippen LogP contribution in [0.15, 0.2) is 41.0 Å². The molecule has 1 saturated heterocycles. The van der Waals surface area contributed by atoms with Gasteiger partial charge in [-0.2, -0.15) is 0 Å². The van der Waals surface area contributed by atoms with Gasteiger partial charge in [-0.25, -0.2) is 8.42 Å². The van der Waals surface area contributed by atoms with Crippen molar-refractivity contribution in [3.63, 3.8) is 0 Å². The molecule has 2 heterocycles. The van der Waals surface area contributed by atoms with Crippen LogP contribution in [-0.4, -0.2) is 37.2 Å². The SMILES string of the molecule is C/C(=C\c1ccc(O)cc1)CC[C@H]1OC[C@H]2C1=C(C(C)C)CS2(=O)=O. The molecule has 1 fully saturated rings. The van der Waals surface area contributed by atoms with Crippen LogP contribution >= 0.6 is 0 Å². The van der Waals surface area contributed by atoms with Crippen LogP contribution in [0.25, 0.3) is 6.08 Å². The van der Waals surface area contributed by atoms with E-state index in [2.05, 4.69) is 26.8 Å². The molecule has 0 saturated carbocycles. The highest BCUT2D eigenvalue weighted by molar-refractivity contribution is 7.92. The first-order valence-electron chi connectivity index (χ1n) is 8.80. The third-order valence-electron chi connectivity index (χ3n) is 5.11. The van der Waals surface area contributed by atoms with Crippen LogP contribution in [0.1, 0.15) is 39.2 Å². The maximum absolute atomic E-state index is 12.4. The monoisotopic (exact) mass is 362 g/mol. The zero-order valence-electron chi connectivity index (χ0n) is 15.0. The number of sulfone groups is 1. The van der Waals surface area contributed by atoms with Gasteiger partial charge in [0.25, 0.3) is 0 Å². The Morgan fingerprint density at radius 3 is 2.64 bits per heavy atom. The average molecular weight is 362 g/mol. The molecule has 25 heavy (non-hydrogen) atoms. The van der Waals surface area contributed by atoms with Crippen molar-refractivity contribution in [2.75, 3.05) is 12.4 Å². The highest BCUT2D eigenvalue weighted by Gasteiger charge is 2.47. The lowest BCUT2D eigenvalue weighted by molar-refractivity contribution is 0.117. The van der Waals surface area contributed by atoms with Gasteiger partial charge in [-0.15, -0.1) is 0 Å². The molecule has 2 aliphatic rings. The molecule has 1 aromatic carbocycles. The molecule has 4 nitrogen and oxygen atoms in total. The van der Waals surface area contributed by atoms with E-state index < -0.39 is 15.1 Å². The second-order valence-electron chi connectivity index (χ2n) is 7.37. The van der Waals surface area contributed by atoms with Gasteiger partial charge in [-0.05, 0) is 54.5 Å². The van der Waals surface area contributed by atoms with Crippen molar-refractivity contribution in [3.05, 3.63) is 46.5 Å². The molecule has 2 atom stereocenters. The van der Waals surface area contributed by atoms with Crippen molar-refractivity contribution in [1.29, 1.82) is 0 Å². The molecule has 1 aromatic rings. The van der Waals surface area contributed by atoms with Crippen molar-refractivity contribution < 1.29 is 18.3 Å². The number of hydrogen-bond acceptors (Lipinski definition) is 4. The van der Waals surface area contributed by atoms with E-state index in [1.165, 1.54) is 5.57 Å². The fourth-order valence-corrected chi connectivity index (χ4v) is 5.84. The molecule has 0 spiro atoms. The quantitative estimate of drug-likeness (QED) is 0.811. The standard InChI is InChI=1S/C20H26O4S/c1-13(2)17-12-25(22,23)19-11-24-18(20(17)19)9-4-14(3)10-15-5-7-16(21)8-6-15/h5-8,10,13,18-19,21H,4,9,11-12H2,1-3H3/b14-10+/t18-,19+/m1/s1. The molecule has 0 bridgehead atoms. The van der Waals surface area contributed by atoms with E-state index >= 15 is 0 Å². The maximum Gasteiger partial charge on any atom is 0.163 e. The average Bonchev–Trinajstić information content (AvgIpc) is 3.07. The van der Waals surface area contributed by atoms with Gasteiger partial charge in [0.2, 0.25) is 0 Å². The van der Waals surface area contributed by atoms with E-state index in [9.17, 15) is 13.5 Å². The highest BCUT2D eigenvalue weighted by atomic mass is 32.2. The van der Waals surface area contributed by atoms with Crippen LogP contribution in [0.5, 0.6) is 5.75 Å². The number of hydrogen-bond donors (Lipinski definition) is 1. The number of benzene rings is 1. The predicted molar refractivity (Wildman–Crippen MR) is 100 cm³/mol. The first-order valence-corrected chi connectivity index (χ1v) is 10.5. The molecule has 0 radical (unpaired) electrons. The van der Waals surface area contributed by atoms with Crippen molar-refractivity contribution >= 4 is 15.9 Å². The Morgan fingerprint density at radius 2 is 2.00 bits per heavy atom. The van der Waals surface area contributed by atoms with Gasteiger partial charge >= 0.3 is 0 Å². The van der Waals surface area contributed by atoms with E-state index in [4.69, 9.17) is 4.74 Å². The molecule has 0 aliphatic carbocycles. The van der Waals surface area contributed by atoms with Gasteiger partial charge < -0.3 is 9.84 Å². The second-order valence-corrected chi connectivity index (χ2v) is 9.56. The van der Waals surface area contributed by atoms with E-state index in [1.54, 1.807) is 12.1 Å². The summed E-state index contributed by atoms with van der Waals surface area (Å²) >= 11 is 0. The van der Waals surface area contributed by atoms with Gasteiger partial charge in [0, 0.05) is 0 Å². The summed E-state index contributed by atoms with van der Waals surface area (Å²) in [7, 11) is -3.08. The smallest absolute Gasteiger partial charge is 0.163 e. The van der Waals surface area contributed by atoms with E-state index in [0.717, 1.165) is 29.6 Å². The maximum atomic E-state index is 12.4. The lowest BCUT2D eigenvalue weighted by Crippen LogP contribution is -2.19. The minimum Gasteiger partial charge on any atom is -0.508 e. The summed E-state index contributed by atoms with van der Waals surface area (Å²) in [5.41, 5.74) is 4.36. The Morgan fingerprint density at radius 1 is 1.32 bits per heavy atom. The summed E-state index contributed by atoms with van der Waals surface area (Å²) in [6, 6.07) is 7.10. The van der Waals surface area contributed by atoms with E-state index in [1.807, 2.05) is 12.1 Å². The molecule has 0 unspecified atom stereocenters. The zero-order valence-corrected chi connectivity index (χ0v) is 15.8. The minimum atomic E-state index is -3.08. The second kappa shape index (κ2) is 6.96. The Hall–Kier alpha value is -1.59. The van der Waals surface area contributed by atoms with Crippen LogP contribution in [0.3, 0.4) is 0 Å². The van der Waals surface area contributed by atoms with E-state index in [0.29, 0.717) is 6.61 Å². The summed E-state index contributed by atoms with van der Waals surface area (Å²) < 4.78 is 30.6. The van der Waals surface area contributed by atoms with Gasteiger partial charge in [0.05, 0.1) is 18.5 Å². The molecule has 0 aromatic heterocycles. The molecule has 0 amide bonds. The first kappa shape index (κ1) is 18.2. The Labute approximate surface area is 150 Å². The number of fused-ring (bicyclic) bond motifs is 1. The van der Waals surface area contributed by atoms with Gasteiger partial charge in [-0.3, -0.25) is 0 Å². The summed E-state index contributed by atoms with van der Waals surface area (Å²) in [5, 5.41) is 8.93. The van der Waals surface area contributed by atoms with E-state index in [-0.39, 0.29) is 23.5 Å². The highest BCUT2D eigenvalue weighted by Crippen LogP contribution is 2.40. The minimum absolute atomic E-state index is 0.0807. The van der Waals surface area contributed by atoms with Crippen LogP contribution in [0.2, 0.25) is 0 Å². The molecular formula is C20H26O4S. The predicted octanol–water partition coefficient (Wildman–Crippen LogP) is 3.72. The normalized spacial score (nSPS) is 25.7. The first-order chi connectivity index (χ1) is 11.8. The fourth-order valence-electron chi connectivity index (χ4n) is 3.73. The van der Waals surface area contributed by atoms with Crippen LogP contribution in [-0.2, 0) is 14.6 Å². The lowest BCUT2D eigenvalue weighted by atomic mass is 9.92. The number of ether oxygens (including phenoxy) is 1. The largest absolute Gasteiger partial charge is 0.508 e. The summed E-state index contributed by atoms with van der Waals surface area (Å²) in [4.78, 5) is 0. The summed E-state index contributed by atoms with van der Waals surface area (Å²) in [6.07, 6.45) is 3.67. The van der Waals surface area contributed by atoms with Crippen molar-refractivity contribution in [1.82, 2.24) is 0 Å². The van der Waals surface area contributed by atoms with Crippen molar-refractivity contribution in [2.24, 2.45) is 5.92 Å². The van der Waals surface area contributed by atoms with Crippen LogP contribution in [0.4, 0.5) is 0 Å². The summed E-state index contributed by atoms with van der Waals surface area (Å²) in [5.74, 6) is 0.704. The molecule has 3 rings (SSSR count). The number of rotatable bonds is 5. The Kier molecular flexibility index (Phi) is 5.07. The van der Waals surface area contributed by atoms with Gasteiger partial charge in [0.15, 0.2) is 9.84 Å². The number of aromatic hydroxyl groups is 1. The topological polar surface area (TPSA) is 63.6 Å². The van der Waals surface area contributed by atoms with Crippen molar-refractivity contribution in [2.45, 2.75) is 45.0 Å². The van der Waals surface area contributed by atoms with Gasteiger partial charge in [-0.1, -0.05) is 37.6 Å². The molecule has 1 N–H and O–H groups in total.